The number of sulfonamides is 1. The van der Waals surface area contributed by atoms with Crippen molar-refractivity contribution in [3.05, 3.63) is 59.7 Å². The normalized spacial score (nSPS) is 12.4. The molecule has 0 fully saturated rings. The molecule has 1 atom stereocenters. The van der Waals surface area contributed by atoms with Gasteiger partial charge in [-0.25, -0.2) is 8.42 Å². The summed E-state index contributed by atoms with van der Waals surface area (Å²) in [6.45, 7) is 3.72. The van der Waals surface area contributed by atoms with Gasteiger partial charge in [-0.3, -0.25) is 4.79 Å². The highest BCUT2D eigenvalue weighted by molar-refractivity contribution is 7.89. The Bertz CT molecular complexity index is 851. The number of hydrogen-bond donors (Lipinski definition) is 2. The highest BCUT2D eigenvalue weighted by Crippen LogP contribution is 2.21. The summed E-state index contributed by atoms with van der Waals surface area (Å²) in [6, 6.07) is 13.4. The lowest BCUT2D eigenvalue weighted by Gasteiger charge is -2.15. The number of nitrogens with one attached hydrogen (secondary N) is 2. The lowest BCUT2D eigenvalue weighted by Crippen LogP contribution is -2.45. The lowest BCUT2D eigenvalue weighted by atomic mass is 10.1. The molecule has 2 N–H and O–H groups in total. The zero-order chi connectivity index (χ0) is 19.2. The standard InChI is InChI=1S/C19H24N2O4S/c1-14-13-17(9-10-18(14)25-3)26(23,24)21-15(2)19(22)20-12-11-16-7-5-4-6-8-16/h4-10,13,15,21H,11-12H2,1-3H3,(H,20,22)/t15-/m1/s1. The smallest absolute Gasteiger partial charge is 0.241 e. The molecule has 0 radical (unpaired) electrons. The maximum Gasteiger partial charge on any atom is 0.241 e. The minimum Gasteiger partial charge on any atom is -0.496 e. The number of ether oxygens (including phenoxy) is 1. The Labute approximate surface area is 154 Å². The first-order chi connectivity index (χ1) is 12.3. The van der Waals surface area contributed by atoms with Crippen molar-refractivity contribution >= 4 is 15.9 Å². The summed E-state index contributed by atoms with van der Waals surface area (Å²) in [5, 5.41) is 2.75. The lowest BCUT2D eigenvalue weighted by molar-refractivity contribution is -0.122. The highest BCUT2D eigenvalue weighted by Gasteiger charge is 2.22. The van der Waals surface area contributed by atoms with Gasteiger partial charge >= 0.3 is 0 Å². The van der Waals surface area contributed by atoms with Crippen molar-refractivity contribution in [1.82, 2.24) is 10.0 Å². The number of amides is 1. The van der Waals surface area contributed by atoms with E-state index in [4.69, 9.17) is 4.74 Å². The number of rotatable bonds is 8. The molecule has 140 valence electrons. The molecule has 0 saturated heterocycles. The molecule has 2 aromatic rings. The van der Waals surface area contributed by atoms with Gasteiger partial charge in [-0.15, -0.1) is 0 Å². The predicted octanol–water partition coefficient (Wildman–Crippen LogP) is 2.03. The Morgan fingerprint density at radius 1 is 1.15 bits per heavy atom. The summed E-state index contributed by atoms with van der Waals surface area (Å²) in [5.74, 6) is 0.241. The van der Waals surface area contributed by atoms with E-state index in [1.807, 2.05) is 30.3 Å². The van der Waals surface area contributed by atoms with E-state index < -0.39 is 16.1 Å². The zero-order valence-electron chi connectivity index (χ0n) is 15.2. The van der Waals surface area contributed by atoms with Crippen molar-refractivity contribution in [2.45, 2.75) is 31.2 Å². The minimum absolute atomic E-state index is 0.0970. The van der Waals surface area contributed by atoms with E-state index in [-0.39, 0.29) is 10.8 Å². The Hall–Kier alpha value is -2.38. The van der Waals surface area contributed by atoms with Crippen molar-refractivity contribution in [2.75, 3.05) is 13.7 Å². The molecule has 0 aliphatic carbocycles. The Morgan fingerprint density at radius 3 is 2.46 bits per heavy atom. The minimum atomic E-state index is -3.80. The number of methoxy groups -OCH3 is 1. The number of benzene rings is 2. The van der Waals surface area contributed by atoms with Gasteiger partial charge in [0.2, 0.25) is 15.9 Å². The molecule has 0 bridgehead atoms. The van der Waals surface area contributed by atoms with Crippen LogP contribution in [0.15, 0.2) is 53.4 Å². The molecule has 26 heavy (non-hydrogen) atoms. The van der Waals surface area contributed by atoms with Crippen molar-refractivity contribution in [2.24, 2.45) is 0 Å². The molecule has 7 heteroatoms. The fraction of sp³-hybridized carbons (Fsp3) is 0.316. The second-order valence-electron chi connectivity index (χ2n) is 6.00. The Kier molecular flexibility index (Phi) is 6.76. The van der Waals surface area contributed by atoms with Crippen LogP contribution in [0, 0.1) is 6.92 Å². The zero-order valence-corrected chi connectivity index (χ0v) is 16.0. The van der Waals surface area contributed by atoms with Gasteiger partial charge < -0.3 is 10.1 Å². The molecule has 0 saturated carbocycles. The van der Waals surface area contributed by atoms with Crippen molar-refractivity contribution in [3.63, 3.8) is 0 Å². The number of hydrogen-bond acceptors (Lipinski definition) is 4. The first-order valence-corrected chi connectivity index (χ1v) is 9.80. The largest absolute Gasteiger partial charge is 0.496 e. The number of aryl methyl sites for hydroxylation is 1. The summed E-state index contributed by atoms with van der Waals surface area (Å²) in [4.78, 5) is 12.2. The highest BCUT2D eigenvalue weighted by atomic mass is 32.2. The van der Waals surface area contributed by atoms with Crippen LogP contribution in [0.5, 0.6) is 5.75 Å². The summed E-state index contributed by atoms with van der Waals surface area (Å²) in [6.07, 6.45) is 0.684. The predicted molar refractivity (Wildman–Crippen MR) is 101 cm³/mol. The molecule has 1 amide bonds. The van der Waals surface area contributed by atoms with E-state index in [0.29, 0.717) is 24.3 Å². The quantitative estimate of drug-likeness (QED) is 0.738. The fourth-order valence-electron chi connectivity index (χ4n) is 2.50. The summed E-state index contributed by atoms with van der Waals surface area (Å²) in [5.41, 5.74) is 1.81. The van der Waals surface area contributed by atoms with Crippen LogP contribution in [0.2, 0.25) is 0 Å². The van der Waals surface area contributed by atoms with Crippen molar-refractivity contribution in [3.8, 4) is 5.75 Å². The second kappa shape index (κ2) is 8.82. The third-order valence-electron chi connectivity index (χ3n) is 3.96. The molecule has 2 rings (SSSR count). The van der Waals surface area contributed by atoms with E-state index in [9.17, 15) is 13.2 Å². The summed E-state index contributed by atoms with van der Waals surface area (Å²) < 4.78 is 32.5. The Balaban J connectivity index is 1.93. The fourth-order valence-corrected chi connectivity index (χ4v) is 3.79. The van der Waals surface area contributed by atoms with E-state index in [1.54, 1.807) is 13.0 Å². The van der Waals surface area contributed by atoms with Crippen LogP contribution >= 0.6 is 0 Å². The summed E-state index contributed by atoms with van der Waals surface area (Å²) in [7, 11) is -2.27. The number of carbonyl (C=O) groups excluding carboxylic acids is 1. The van der Waals surface area contributed by atoms with E-state index >= 15 is 0 Å². The van der Waals surface area contributed by atoms with Crippen LogP contribution < -0.4 is 14.8 Å². The molecule has 6 nitrogen and oxygen atoms in total. The SMILES string of the molecule is COc1ccc(S(=O)(=O)N[C@H](C)C(=O)NCCc2ccccc2)cc1C. The van der Waals surface area contributed by atoms with Crippen LogP contribution in [-0.4, -0.2) is 34.0 Å². The van der Waals surface area contributed by atoms with Gasteiger partial charge in [-0.05, 0) is 49.6 Å². The van der Waals surface area contributed by atoms with Gasteiger partial charge in [0, 0.05) is 6.54 Å². The molecular formula is C19H24N2O4S. The van der Waals surface area contributed by atoms with Crippen LogP contribution in [-0.2, 0) is 21.2 Å². The van der Waals surface area contributed by atoms with Gasteiger partial charge in [-0.1, -0.05) is 30.3 Å². The molecule has 0 aliphatic heterocycles. The molecule has 0 aromatic heterocycles. The van der Waals surface area contributed by atoms with Gasteiger partial charge in [0.1, 0.15) is 5.75 Å². The maximum absolute atomic E-state index is 12.5. The van der Waals surface area contributed by atoms with E-state index in [2.05, 4.69) is 10.0 Å². The van der Waals surface area contributed by atoms with Crippen molar-refractivity contribution < 1.29 is 17.9 Å². The molecule has 0 heterocycles. The first kappa shape index (κ1) is 19.9. The van der Waals surface area contributed by atoms with E-state index in [1.165, 1.54) is 26.2 Å². The van der Waals surface area contributed by atoms with Gasteiger partial charge in [0.05, 0.1) is 18.0 Å². The van der Waals surface area contributed by atoms with Crippen molar-refractivity contribution in [1.29, 1.82) is 0 Å². The van der Waals surface area contributed by atoms with Gasteiger partial charge in [0.25, 0.3) is 0 Å². The topological polar surface area (TPSA) is 84.5 Å². The third kappa shape index (κ3) is 5.31. The molecule has 0 aliphatic rings. The second-order valence-corrected chi connectivity index (χ2v) is 7.72. The average molecular weight is 376 g/mol. The Morgan fingerprint density at radius 2 is 1.85 bits per heavy atom. The van der Waals surface area contributed by atoms with Crippen LogP contribution in [0.4, 0.5) is 0 Å². The first-order valence-electron chi connectivity index (χ1n) is 8.32. The van der Waals surface area contributed by atoms with Gasteiger partial charge in [0.15, 0.2) is 0 Å². The maximum atomic E-state index is 12.5. The van der Waals surface area contributed by atoms with Gasteiger partial charge in [-0.2, -0.15) is 4.72 Å². The summed E-state index contributed by atoms with van der Waals surface area (Å²) >= 11 is 0. The molecule has 2 aromatic carbocycles. The molecular weight excluding hydrogens is 352 g/mol. The van der Waals surface area contributed by atoms with Crippen LogP contribution in [0.25, 0.3) is 0 Å². The van der Waals surface area contributed by atoms with Crippen LogP contribution in [0.1, 0.15) is 18.1 Å². The molecule has 0 spiro atoms. The average Bonchev–Trinajstić information content (AvgIpc) is 2.62. The van der Waals surface area contributed by atoms with Crippen LogP contribution in [0.3, 0.4) is 0 Å². The monoisotopic (exact) mass is 376 g/mol. The molecule has 0 unspecified atom stereocenters. The third-order valence-corrected chi connectivity index (χ3v) is 5.50. The van der Waals surface area contributed by atoms with E-state index in [0.717, 1.165) is 5.56 Å². The number of carbonyl (C=O) groups is 1.